The molecule has 0 aliphatic heterocycles. The van der Waals surface area contributed by atoms with Crippen LogP contribution in [0.1, 0.15) is 37.3 Å². The number of hydrogen-bond donors (Lipinski definition) is 2. The summed E-state index contributed by atoms with van der Waals surface area (Å²) < 4.78 is 11.1. The molecule has 0 bridgehead atoms. The first-order valence-corrected chi connectivity index (χ1v) is 6.37. The molecule has 1 atom stereocenters. The molecule has 0 aliphatic carbocycles. The van der Waals surface area contributed by atoms with E-state index in [1.165, 1.54) is 11.5 Å². The summed E-state index contributed by atoms with van der Waals surface area (Å²) in [4.78, 5) is 0. The van der Waals surface area contributed by atoms with Gasteiger partial charge in [-0.15, -0.1) is 5.10 Å². The number of rotatable bonds is 5. The lowest BCUT2D eigenvalue weighted by molar-refractivity contribution is 0.393. The van der Waals surface area contributed by atoms with Crippen LogP contribution in [-0.2, 0) is 0 Å². The fourth-order valence-corrected chi connectivity index (χ4v) is 2.28. The number of ether oxygens (including phenoxy) is 1. The number of methoxy groups -OCH3 is 1. The van der Waals surface area contributed by atoms with E-state index in [4.69, 9.17) is 10.6 Å². The summed E-state index contributed by atoms with van der Waals surface area (Å²) in [5, 5.41) is 10.2. The lowest BCUT2D eigenvalue weighted by atomic mass is 10.1. The van der Waals surface area contributed by atoms with Crippen molar-refractivity contribution in [3.8, 4) is 5.75 Å². The molecular weight excluding hydrogens is 252 g/mol. The van der Waals surface area contributed by atoms with Crippen molar-refractivity contribution in [2.75, 3.05) is 7.11 Å². The molecular formula is C10H16N6OS. The monoisotopic (exact) mass is 268 g/mol. The smallest absolute Gasteiger partial charge is 0.162 e. The predicted octanol–water partition coefficient (Wildman–Crippen LogP) is 0.877. The Kier molecular flexibility index (Phi) is 3.90. The van der Waals surface area contributed by atoms with Crippen LogP contribution >= 0.6 is 11.5 Å². The van der Waals surface area contributed by atoms with E-state index >= 15 is 0 Å². The number of nitrogens with two attached hydrogens (primary N) is 1. The number of nitrogens with one attached hydrogen (secondary N) is 1. The standard InChI is InChI=1S/C10H16N6OS/c1-6(2)16-10(8(17-3)4-12-16)9(13-11)7-5-18-15-14-7/h4-6,9,13H,11H2,1-3H3. The number of nitrogens with zero attached hydrogens (tertiary/aromatic N) is 4. The van der Waals surface area contributed by atoms with Gasteiger partial charge in [0, 0.05) is 11.4 Å². The summed E-state index contributed by atoms with van der Waals surface area (Å²) >= 11 is 1.28. The number of aromatic nitrogens is 4. The van der Waals surface area contributed by atoms with Gasteiger partial charge in [-0.2, -0.15) is 5.10 Å². The minimum Gasteiger partial charge on any atom is -0.493 e. The van der Waals surface area contributed by atoms with Crippen molar-refractivity contribution in [3.05, 3.63) is 23.0 Å². The van der Waals surface area contributed by atoms with Crippen molar-refractivity contribution < 1.29 is 4.74 Å². The molecule has 98 valence electrons. The van der Waals surface area contributed by atoms with Gasteiger partial charge in [-0.25, -0.2) is 5.43 Å². The van der Waals surface area contributed by atoms with Gasteiger partial charge in [0.1, 0.15) is 11.7 Å². The third-order valence-corrected chi connectivity index (χ3v) is 3.14. The van der Waals surface area contributed by atoms with Gasteiger partial charge < -0.3 is 4.74 Å². The molecule has 7 nitrogen and oxygen atoms in total. The third kappa shape index (κ3) is 2.22. The molecule has 0 aliphatic rings. The van der Waals surface area contributed by atoms with Crippen molar-refractivity contribution in [1.29, 1.82) is 0 Å². The highest BCUT2D eigenvalue weighted by Crippen LogP contribution is 2.30. The Labute approximate surface area is 109 Å². The fourth-order valence-electron chi connectivity index (χ4n) is 1.80. The van der Waals surface area contributed by atoms with Gasteiger partial charge >= 0.3 is 0 Å². The Hall–Kier alpha value is -1.51. The Balaban J connectivity index is 2.50. The van der Waals surface area contributed by atoms with Crippen LogP contribution in [-0.4, -0.2) is 26.5 Å². The Morgan fingerprint density at radius 1 is 1.50 bits per heavy atom. The summed E-state index contributed by atoms with van der Waals surface area (Å²) in [7, 11) is 1.61. The summed E-state index contributed by atoms with van der Waals surface area (Å²) in [6, 6.07) is -0.0880. The third-order valence-electron chi connectivity index (χ3n) is 2.62. The molecule has 2 heterocycles. The largest absolute Gasteiger partial charge is 0.493 e. The zero-order valence-corrected chi connectivity index (χ0v) is 11.3. The van der Waals surface area contributed by atoms with Crippen LogP contribution in [0, 0.1) is 0 Å². The van der Waals surface area contributed by atoms with Gasteiger partial charge in [-0.3, -0.25) is 10.5 Å². The number of hydrazine groups is 1. The van der Waals surface area contributed by atoms with Crippen LogP contribution in [0.15, 0.2) is 11.6 Å². The van der Waals surface area contributed by atoms with Crippen LogP contribution in [0.2, 0.25) is 0 Å². The lowest BCUT2D eigenvalue weighted by Crippen LogP contribution is -2.31. The summed E-state index contributed by atoms with van der Waals surface area (Å²) in [5.74, 6) is 6.32. The van der Waals surface area contributed by atoms with E-state index in [9.17, 15) is 0 Å². The fraction of sp³-hybridized carbons (Fsp3) is 0.500. The molecule has 0 spiro atoms. The molecule has 0 saturated heterocycles. The van der Waals surface area contributed by atoms with Crippen molar-refractivity contribution in [2.45, 2.75) is 25.9 Å². The van der Waals surface area contributed by atoms with Crippen molar-refractivity contribution in [3.63, 3.8) is 0 Å². The topological polar surface area (TPSA) is 90.9 Å². The van der Waals surface area contributed by atoms with Gasteiger partial charge in [0.15, 0.2) is 5.75 Å². The second-order valence-corrected chi connectivity index (χ2v) is 4.68. The van der Waals surface area contributed by atoms with Gasteiger partial charge in [0.25, 0.3) is 0 Å². The Morgan fingerprint density at radius 3 is 2.78 bits per heavy atom. The maximum Gasteiger partial charge on any atom is 0.162 e. The quantitative estimate of drug-likeness (QED) is 0.618. The molecule has 2 aromatic rings. The van der Waals surface area contributed by atoms with E-state index in [1.54, 1.807) is 13.3 Å². The molecule has 3 N–H and O–H groups in total. The minimum absolute atomic E-state index is 0.200. The highest BCUT2D eigenvalue weighted by molar-refractivity contribution is 7.03. The van der Waals surface area contributed by atoms with Crippen molar-refractivity contribution in [2.24, 2.45) is 5.84 Å². The molecule has 0 amide bonds. The van der Waals surface area contributed by atoms with Crippen LogP contribution in [0.4, 0.5) is 0 Å². The van der Waals surface area contributed by atoms with Crippen LogP contribution in [0.3, 0.4) is 0 Å². The van der Waals surface area contributed by atoms with Gasteiger partial charge in [-0.05, 0) is 25.4 Å². The Morgan fingerprint density at radius 2 is 2.28 bits per heavy atom. The van der Waals surface area contributed by atoms with E-state index in [2.05, 4.69) is 20.1 Å². The molecule has 2 aromatic heterocycles. The minimum atomic E-state index is -0.288. The highest BCUT2D eigenvalue weighted by atomic mass is 32.1. The molecule has 0 radical (unpaired) electrons. The molecule has 18 heavy (non-hydrogen) atoms. The van der Waals surface area contributed by atoms with Crippen LogP contribution in [0.5, 0.6) is 5.75 Å². The van der Waals surface area contributed by atoms with E-state index in [0.29, 0.717) is 5.75 Å². The first-order valence-electron chi connectivity index (χ1n) is 5.53. The highest BCUT2D eigenvalue weighted by Gasteiger charge is 2.25. The summed E-state index contributed by atoms with van der Waals surface area (Å²) in [6.07, 6.45) is 1.68. The Bertz CT molecular complexity index is 494. The predicted molar refractivity (Wildman–Crippen MR) is 68.2 cm³/mol. The van der Waals surface area contributed by atoms with Crippen molar-refractivity contribution in [1.82, 2.24) is 24.8 Å². The second-order valence-electron chi connectivity index (χ2n) is 4.07. The lowest BCUT2D eigenvalue weighted by Gasteiger charge is -2.18. The summed E-state index contributed by atoms with van der Waals surface area (Å²) in [5.41, 5.74) is 4.34. The molecule has 0 aromatic carbocycles. The van der Waals surface area contributed by atoms with Gasteiger partial charge in [0.05, 0.1) is 19.0 Å². The van der Waals surface area contributed by atoms with Gasteiger partial charge in [0.2, 0.25) is 0 Å². The van der Waals surface area contributed by atoms with E-state index in [-0.39, 0.29) is 12.1 Å². The van der Waals surface area contributed by atoms with Crippen LogP contribution < -0.4 is 16.0 Å². The maximum absolute atomic E-state index is 5.64. The molecule has 0 fully saturated rings. The SMILES string of the molecule is COc1cnn(C(C)C)c1C(NN)c1csnn1. The average Bonchev–Trinajstić information content (AvgIpc) is 2.99. The van der Waals surface area contributed by atoms with Crippen molar-refractivity contribution >= 4 is 11.5 Å². The molecule has 2 rings (SSSR count). The average molecular weight is 268 g/mol. The molecule has 8 heteroatoms. The molecule has 1 unspecified atom stereocenters. The van der Waals surface area contributed by atoms with E-state index < -0.39 is 0 Å². The zero-order chi connectivity index (χ0) is 13.1. The zero-order valence-electron chi connectivity index (χ0n) is 10.5. The number of hydrogen-bond acceptors (Lipinski definition) is 7. The first-order chi connectivity index (χ1) is 8.69. The molecule has 0 saturated carbocycles. The van der Waals surface area contributed by atoms with E-state index in [0.717, 1.165) is 11.4 Å². The maximum atomic E-state index is 5.64. The summed E-state index contributed by atoms with van der Waals surface area (Å²) in [6.45, 7) is 4.09. The van der Waals surface area contributed by atoms with E-state index in [1.807, 2.05) is 23.9 Å². The van der Waals surface area contributed by atoms with Crippen LogP contribution in [0.25, 0.3) is 0 Å². The second kappa shape index (κ2) is 5.42. The normalized spacial score (nSPS) is 12.9. The van der Waals surface area contributed by atoms with Gasteiger partial charge in [-0.1, -0.05) is 4.49 Å². The first kappa shape index (κ1) is 12.9.